The Morgan fingerprint density at radius 1 is 0.789 bits per heavy atom. The summed E-state index contributed by atoms with van der Waals surface area (Å²) < 4.78 is 39.0. The third-order valence-electron chi connectivity index (χ3n) is 6.44. The standard InChI is InChI=1S/C31H30F3NO3/c1-4-5-6-22-7-9-23(10-8-22)11-12-24-13-15-25(16-14-24)21-35(28(36)29(37)38)30(2,3)26-17-19-27(20-18-26)31(32,33)34/h7-10,13-20H,4-6,21H2,1-3H3,(H,37,38). The summed E-state index contributed by atoms with van der Waals surface area (Å²) >= 11 is 0. The SMILES string of the molecule is CCCCc1ccc(C#Cc2ccc(CN(C(=O)C(=O)O)C(C)(C)c3ccc(C(F)(F)F)cc3)cc2)cc1. The van der Waals surface area contributed by atoms with Crippen molar-refractivity contribution in [3.8, 4) is 11.8 Å². The number of hydrogen-bond donors (Lipinski definition) is 1. The first-order valence-electron chi connectivity index (χ1n) is 12.3. The van der Waals surface area contributed by atoms with Gasteiger partial charge in [0.2, 0.25) is 0 Å². The van der Waals surface area contributed by atoms with Gasteiger partial charge in [-0.1, -0.05) is 61.6 Å². The van der Waals surface area contributed by atoms with Gasteiger partial charge in [0.15, 0.2) is 0 Å². The van der Waals surface area contributed by atoms with Crippen LogP contribution in [0.25, 0.3) is 0 Å². The van der Waals surface area contributed by atoms with Crippen LogP contribution in [0.3, 0.4) is 0 Å². The van der Waals surface area contributed by atoms with Gasteiger partial charge in [-0.25, -0.2) is 4.79 Å². The van der Waals surface area contributed by atoms with E-state index in [-0.39, 0.29) is 6.54 Å². The summed E-state index contributed by atoms with van der Waals surface area (Å²) in [6.45, 7) is 5.31. The average molecular weight is 522 g/mol. The number of alkyl halides is 3. The fourth-order valence-electron chi connectivity index (χ4n) is 4.02. The van der Waals surface area contributed by atoms with Gasteiger partial charge in [0, 0.05) is 17.7 Å². The van der Waals surface area contributed by atoms with Gasteiger partial charge in [-0.05, 0) is 79.8 Å². The van der Waals surface area contributed by atoms with Crippen LogP contribution in [-0.4, -0.2) is 21.9 Å². The third-order valence-corrected chi connectivity index (χ3v) is 6.44. The monoisotopic (exact) mass is 521 g/mol. The van der Waals surface area contributed by atoms with E-state index >= 15 is 0 Å². The molecule has 1 amide bonds. The Bertz CT molecular complexity index is 1310. The molecule has 0 aliphatic carbocycles. The molecule has 198 valence electrons. The van der Waals surface area contributed by atoms with Crippen molar-refractivity contribution in [1.29, 1.82) is 0 Å². The summed E-state index contributed by atoms with van der Waals surface area (Å²) in [5, 5.41) is 9.42. The van der Waals surface area contributed by atoms with Crippen LogP contribution in [-0.2, 0) is 34.3 Å². The number of halogens is 3. The molecule has 0 bridgehead atoms. The third kappa shape index (κ3) is 7.25. The van der Waals surface area contributed by atoms with Crippen molar-refractivity contribution < 1.29 is 27.9 Å². The Hall–Kier alpha value is -4.05. The van der Waals surface area contributed by atoms with Crippen LogP contribution in [0.4, 0.5) is 13.2 Å². The Balaban J connectivity index is 1.79. The van der Waals surface area contributed by atoms with Crippen molar-refractivity contribution in [1.82, 2.24) is 4.90 Å². The van der Waals surface area contributed by atoms with Gasteiger partial charge in [-0.15, -0.1) is 0 Å². The molecule has 0 fully saturated rings. The first kappa shape index (κ1) is 28.5. The second kappa shape index (κ2) is 12.0. The molecule has 0 aliphatic heterocycles. The molecule has 3 aromatic rings. The minimum atomic E-state index is -4.50. The number of aryl methyl sites for hydroxylation is 1. The number of rotatable bonds is 7. The molecule has 38 heavy (non-hydrogen) atoms. The molecule has 0 saturated carbocycles. The summed E-state index contributed by atoms with van der Waals surface area (Å²) in [5.41, 5.74) is 1.95. The zero-order valence-corrected chi connectivity index (χ0v) is 21.6. The number of hydrogen-bond acceptors (Lipinski definition) is 2. The van der Waals surface area contributed by atoms with Gasteiger partial charge in [0.25, 0.3) is 0 Å². The number of carboxylic acids is 1. The van der Waals surface area contributed by atoms with Crippen LogP contribution >= 0.6 is 0 Å². The molecule has 1 N–H and O–H groups in total. The lowest BCUT2D eigenvalue weighted by molar-refractivity contribution is -0.159. The quantitative estimate of drug-likeness (QED) is 0.275. The van der Waals surface area contributed by atoms with E-state index in [4.69, 9.17) is 0 Å². The Morgan fingerprint density at radius 3 is 1.71 bits per heavy atom. The molecule has 7 heteroatoms. The van der Waals surface area contributed by atoms with Gasteiger partial charge in [0.05, 0.1) is 11.1 Å². The van der Waals surface area contributed by atoms with E-state index in [1.54, 1.807) is 38.1 Å². The van der Waals surface area contributed by atoms with Gasteiger partial charge in [-0.3, -0.25) is 4.79 Å². The highest BCUT2D eigenvalue weighted by Gasteiger charge is 2.37. The van der Waals surface area contributed by atoms with Crippen LogP contribution in [0.1, 0.15) is 67.0 Å². The van der Waals surface area contributed by atoms with E-state index in [2.05, 4.69) is 30.9 Å². The summed E-state index contributed by atoms with van der Waals surface area (Å²) in [6, 6.07) is 19.6. The Kier molecular flexibility index (Phi) is 9.00. The zero-order valence-electron chi connectivity index (χ0n) is 21.6. The lowest BCUT2D eigenvalue weighted by Gasteiger charge is -2.38. The zero-order chi connectivity index (χ0) is 27.9. The fraction of sp³-hybridized carbons (Fsp3) is 0.290. The minimum Gasteiger partial charge on any atom is -0.474 e. The minimum absolute atomic E-state index is 0.0495. The largest absolute Gasteiger partial charge is 0.474 e. The molecule has 0 aromatic heterocycles. The van der Waals surface area contributed by atoms with Crippen LogP contribution in [0.15, 0.2) is 72.8 Å². The summed E-state index contributed by atoms with van der Waals surface area (Å²) in [7, 11) is 0. The van der Waals surface area contributed by atoms with Crippen LogP contribution in [0.5, 0.6) is 0 Å². The molecule has 0 unspecified atom stereocenters. The van der Waals surface area contributed by atoms with Crippen LogP contribution in [0, 0.1) is 11.8 Å². The molecule has 0 radical (unpaired) electrons. The molecule has 4 nitrogen and oxygen atoms in total. The summed E-state index contributed by atoms with van der Waals surface area (Å²) in [6.07, 6.45) is -1.16. The number of carboxylic acid groups (broad SMARTS) is 1. The number of unbranched alkanes of at least 4 members (excludes halogenated alkanes) is 1. The molecular weight excluding hydrogens is 491 g/mol. The molecule has 0 heterocycles. The van der Waals surface area contributed by atoms with Crippen LogP contribution in [0.2, 0.25) is 0 Å². The fourth-order valence-corrected chi connectivity index (χ4v) is 4.02. The maximum Gasteiger partial charge on any atom is 0.416 e. The van der Waals surface area contributed by atoms with Gasteiger partial charge in [0.1, 0.15) is 0 Å². The maximum atomic E-state index is 13.0. The van der Waals surface area contributed by atoms with E-state index in [1.807, 2.05) is 12.1 Å². The van der Waals surface area contributed by atoms with E-state index in [0.29, 0.717) is 11.1 Å². The number of benzene rings is 3. The molecule has 3 rings (SSSR count). The molecular formula is C31H30F3NO3. The summed E-state index contributed by atoms with van der Waals surface area (Å²) in [5.74, 6) is 3.43. The Morgan fingerprint density at radius 2 is 1.26 bits per heavy atom. The van der Waals surface area contributed by atoms with Gasteiger partial charge >= 0.3 is 18.1 Å². The lowest BCUT2D eigenvalue weighted by Crippen LogP contribution is -2.48. The van der Waals surface area contributed by atoms with Crippen molar-refractivity contribution in [2.24, 2.45) is 0 Å². The van der Waals surface area contributed by atoms with Crippen LogP contribution < -0.4 is 0 Å². The molecule has 0 aliphatic rings. The number of carbonyl (C=O) groups excluding carboxylic acids is 1. The second-order valence-corrected chi connectivity index (χ2v) is 9.58. The summed E-state index contributed by atoms with van der Waals surface area (Å²) in [4.78, 5) is 25.3. The van der Waals surface area contributed by atoms with Crippen molar-refractivity contribution in [2.45, 2.75) is 58.3 Å². The lowest BCUT2D eigenvalue weighted by atomic mass is 9.90. The molecule has 0 saturated heterocycles. The first-order valence-corrected chi connectivity index (χ1v) is 12.3. The van der Waals surface area contributed by atoms with E-state index in [9.17, 15) is 27.9 Å². The van der Waals surface area contributed by atoms with E-state index in [0.717, 1.165) is 47.4 Å². The van der Waals surface area contributed by atoms with E-state index < -0.39 is 29.2 Å². The van der Waals surface area contributed by atoms with Crippen molar-refractivity contribution in [3.05, 3.63) is 106 Å². The Labute approximate surface area is 221 Å². The molecule has 3 aromatic carbocycles. The van der Waals surface area contributed by atoms with Crippen molar-refractivity contribution in [3.63, 3.8) is 0 Å². The number of aliphatic carboxylic acids is 1. The smallest absolute Gasteiger partial charge is 0.416 e. The van der Waals surface area contributed by atoms with E-state index in [1.165, 1.54) is 17.7 Å². The van der Waals surface area contributed by atoms with Gasteiger partial charge in [-0.2, -0.15) is 13.2 Å². The number of carbonyl (C=O) groups is 2. The van der Waals surface area contributed by atoms with Crippen molar-refractivity contribution >= 4 is 11.9 Å². The van der Waals surface area contributed by atoms with Gasteiger partial charge < -0.3 is 10.0 Å². The second-order valence-electron chi connectivity index (χ2n) is 9.58. The number of amides is 1. The maximum absolute atomic E-state index is 13.0. The predicted octanol–water partition coefficient (Wildman–Crippen LogP) is 6.80. The first-order chi connectivity index (χ1) is 17.9. The highest BCUT2D eigenvalue weighted by atomic mass is 19.4. The number of nitrogens with zero attached hydrogens (tertiary/aromatic N) is 1. The predicted molar refractivity (Wildman–Crippen MR) is 140 cm³/mol. The molecule has 0 atom stereocenters. The molecule has 0 spiro atoms. The highest BCUT2D eigenvalue weighted by molar-refractivity contribution is 6.31. The topological polar surface area (TPSA) is 57.6 Å². The van der Waals surface area contributed by atoms with Crippen molar-refractivity contribution in [2.75, 3.05) is 0 Å². The normalized spacial score (nSPS) is 11.4. The average Bonchev–Trinajstić information content (AvgIpc) is 2.89. The highest BCUT2D eigenvalue weighted by Crippen LogP contribution is 2.34.